The third-order valence-electron chi connectivity index (χ3n) is 17.0. The van der Waals surface area contributed by atoms with Gasteiger partial charge in [0.25, 0.3) is 0 Å². The van der Waals surface area contributed by atoms with Crippen molar-refractivity contribution >= 4 is 11.9 Å². The molecule has 11 rings (SSSR count). The number of benzene rings is 2. The molecule has 5 aliphatic heterocycles. The Morgan fingerprint density at radius 3 is 2.42 bits per heavy atom. The van der Waals surface area contributed by atoms with E-state index in [0.717, 1.165) is 37.7 Å². The minimum atomic E-state index is -0.630. The largest absolute Gasteiger partial charge is 0.507 e. The molecule has 2 aromatic rings. The summed E-state index contributed by atoms with van der Waals surface area (Å²) >= 11 is 0. The summed E-state index contributed by atoms with van der Waals surface area (Å²) in [6, 6.07) is 4.92. The van der Waals surface area contributed by atoms with E-state index < -0.39 is 17.6 Å². The lowest BCUT2D eigenvalue weighted by Gasteiger charge is -2.57. The van der Waals surface area contributed by atoms with Crippen LogP contribution in [0.2, 0.25) is 0 Å². The molecule has 2 N–H and O–H groups in total. The van der Waals surface area contributed by atoms with E-state index in [-0.39, 0.29) is 35.6 Å². The number of aliphatic hydroxyl groups excluding tert-OH is 1. The highest BCUT2D eigenvalue weighted by molar-refractivity contribution is 6.08. The topological polar surface area (TPSA) is 122 Å². The fourth-order valence-corrected chi connectivity index (χ4v) is 13.8. The molecule has 5 heterocycles. The van der Waals surface area contributed by atoms with Gasteiger partial charge in [-0.3, -0.25) is 4.79 Å². The van der Waals surface area contributed by atoms with Crippen LogP contribution in [0.25, 0.3) is 6.08 Å². The summed E-state index contributed by atoms with van der Waals surface area (Å²) in [6.45, 7) is 14.8. The Bertz CT molecular complexity index is 2130. The van der Waals surface area contributed by atoms with Crippen molar-refractivity contribution in [2.75, 3.05) is 27.4 Å². The number of hydrogen-bond acceptors (Lipinski definition) is 10. The Labute approximate surface area is 354 Å². The van der Waals surface area contributed by atoms with Gasteiger partial charge in [-0.2, -0.15) is 0 Å². The molecule has 0 aromatic heterocycles. The zero-order valence-electron chi connectivity index (χ0n) is 36.7. The molecule has 9 aliphatic rings. The number of ketones is 1. The highest BCUT2D eigenvalue weighted by Crippen LogP contribution is 2.70. The molecule has 0 bridgehead atoms. The van der Waals surface area contributed by atoms with Gasteiger partial charge in [-0.25, -0.2) is 0 Å². The predicted molar refractivity (Wildman–Crippen MR) is 226 cm³/mol. The first-order chi connectivity index (χ1) is 28.6. The Morgan fingerprint density at radius 1 is 0.883 bits per heavy atom. The number of carbonyl (C=O) groups excluding carboxylic acids is 1. The monoisotopic (exact) mass is 824 g/mol. The molecule has 0 radical (unpaired) electrons. The number of phenols is 1. The summed E-state index contributed by atoms with van der Waals surface area (Å²) in [5.74, 6) is 5.02. The van der Waals surface area contributed by atoms with Crippen molar-refractivity contribution < 1.29 is 48.2 Å². The second-order valence-corrected chi connectivity index (χ2v) is 20.8. The summed E-state index contributed by atoms with van der Waals surface area (Å²) in [5.41, 5.74) is 3.39. The van der Waals surface area contributed by atoms with E-state index in [1.165, 1.54) is 51.7 Å². The Hall–Kier alpha value is -3.73. The van der Waals surface area contributed by atoms with Crippen LogP contribution < -0.4 is 23.7 Å². The molecule has 3 saturated carbocycles. The SMILES string of the molecule is CC1CCC2(OC1)OC1CC3C4CCC5CC(O)CCC5(C)C4=CCC3(C)C1C2C.COc1cc2c(cc1OC)C1C(=O)c3c(O)cc4c(c3OC1CO2)C=CC(C)(C)O4. The van der Waals surface area contributed by atoms with Crippen LogP contribution in [0.5, 0.6) is 34.5 Å². The van der Waals surface area contributed by atoms with Gasteiger partial charge in [0.1, 0.15) is 46.9 Å². The van der Waals surface area contributed by atoms with Crippen molar-refractivity contribution in [3.05, 3.63) is 52.6 Å². The number of methoxy groups -OCH3 is 2. The zero-order chi connectivity index (χ0) is 42.1. The van der Waals surface area contributed by atoms with Gasteiger partial charge in [-0.15, -0.1) is 0 Å². The fraction of sp³-hybridized carbons (Fsp3) is 0.660. The minimum Gasteiger partial charge on any atom is -0.507 e. The third-order valence-corrected chi connectivity index (χ3v) is 17.0. The Kier molecular flexibility index (Phi) is 9.51. The highest BCUT2D eigenvalue weighted by Gasteiger charge is 2.68. The number of aromatic hydroxyl groups is 1. The van der Waals surface area contributed by atoms with Gasteiger partial charge in [-0.1, -0.05) is 39.3 Å². The molecule has 13 atom stereocenters. The molecule has 324 valence electrons. The number of carbonyl (C=O) groups is 1. The van der Waals surface area contributed by atoms with Crippen LogP contribution in [0.3, 0.4) is 0 Å². The summed E-state index contributed by atoms with van der Waals surface area (Å²) in [4.78, 5) is 13.6. The summed E-state index contributed by atoms with van der Waals surface area (Å²) < 4.78 is 42.1. The van der Waals surface area contributed by atoms with Crippen LogP contribution in [-0.2, 0) is 9.47 Å². The Balaban J connectivity index is 0.000000144. The molecule has 1 spiro atoms. The van der Waals surface area contributed by atoms with E-state index in [1.807, 2.05) is 26.0 Å². The van der Waals surface area contributed by atoms with Crippen LogP contribution in [-0.4, -0.2) is 73.1 Å². The molecular formula is C50H64O10. The maximum absolute atomic E-state index is 13.6. The fourth-order valence-electron chi connectivity index (χ4n) is 13.8. The lowest BCUT2D eigenvalue weighted by atomic mass is 9.48. The minimum absolute atomic E-state index is 0.0661. The molecule has 0 amide bonds. The van der Waals surface area contributed by atoms with Crippen LogP contribution in [0.15, 0.2) is 35.9 Å². The lowest BCUT2D eigenvalue weighted by molar-refractivity contribution is -0.272. The molecule has 5 fully saturated rings. The van der Waals surface area contributed by atoms with Crippen molar-refractivity contribution in [2.45, 2.75) is 135 Å². The van der Waals surface area contributed by atoms with Gasteiger partial charge in [0.15, 0.2) is 23.1 Å². The van der Waals surface area contributed by atoms with E-state index >= 15 is 0 Å². The highest BCUT2D eigenvalue weighted by atomic mass is 16.7. The first-order valence-corrected chi connectivity index (χ1v) is 22.7. The van der Waals surface area contributed by atoms with Gasteiger partial charge in [0, 0.05) is 30.0 Å². The van der Waals surface area contributed by atoms with Crippen LogP contribution in [0.1, 0.15) is 127 Å². The van der Waals surface area contributed by atoms with E-state index in [4.69, 9.17) is 33.2 Å². The van der Waals surface area contributed by atoms with Crippen molar-refractivity contribution in [1.82, 2.24) is 0 Å². The van der Waals surface area contributed by atoms with Crippen molar-refractivity contribution in [1.29, 1.82) is 0 Å². The molecule has 4 aliphatic carbocycles. The van der Waals surface area contributed by atoms with E-state index in [0.29, 0.717) is 80.5 Å². The first-order valence-electron chi connectivity index (χ1n) is 22.7. The number of rotatable bonds is 2. The normalized spacial score (nSPS) is 41.1. The van der Waals surface area contributed by atoms with Gasteiger partial charge in [-0.05, 0) is 124 Å². The number of allylic oxidation sites excluding steroid dienone is 2. The predicted octanol–water partition coefficient (Wildman–Crippen LogP) is 9.43. The molecule has 13 unspecified atom stereocenters. The quantitative estimate of drug-likeness (QED) is 0.284. The molecule has 2 saturated heterocycles. The van der Waals surface area contributed by atoms with Crippen LogP contribution in [0.4, 0.5) is 0 Å². The van der Waals surface area contributed by atoms with Gasteiger partial charge >= 0.3 is 0 Å². The van der Waals surface area contributed by atoms with Crippen molar-refractivity contribution in [2.24, 2.45) is 46.3 Å². The number of Topliss-reactive ketones (excluding diaryl/α,β-unsaturated/α-hetero) is 1. The zero-order valence-corrected chi connectivity index (χ0v) is 36.7. The van der Waals surface area contributed by atoms with Crippen LogP contribution >= 0.6 is 0 Å². The summed E-state index contributed by atoms with van der Waals surface area (Å²) in [5, 5.41) is 21.0. The number of ether oxygens (including phenoxy) is 7. The van der Waals surface area contributed by atoms with Crippen LogP contribution in [0, 0.1) is 46.3 Å². The second-order valence-electron chi connectivity index (χ2n) is 20.8. The standard InChI is InChI=1S/C27H42O3.C23H22O7/c1-16-7-12-27(29-15-16)17(2)24-23(30-27)14-22-20-6-5-18-13-19(28)8-10-25(18,3)21(20)9-11-26(22,24)4;1-23(2)6-5-11-15(30-23)8-13(24)20-21(25)19-12-7-16(26-3)17(27-4)9-14(12)28-10-18(19)29-22(11)20/h9,16-20,22-24,28H,5-8,10-15H2,1-4H3;5-9,18-19,24H,10H2,1-4H3. The first kappa shape index (κ1) is 40.3. The number of fused-ring (bicyclic) bond motifs is 13. The molecule has 10 heteroatoms. The average Bonchev–Trinajstić information content (AvgIpc) is 3.66. The van der Waals surface area contributed by atoms with Gasteiger partial charge < -0.3 is 43.4 Å². The van der Waals surface area contributed by atoms with Gasteiger partial charge in [0.05, 0.1) is 44.5 Å². The maximum Gasteiger partial charge on any atom is 0.181 e. The lowest BCUT2D eigenvalue weighted by Crippen LogP contribution is -2.50. The summed E-state index contributed by atoms with van der Waals surface area (Å²) in [6.07, 6.45) is 16.8. The average molecular weight is 825 g/mol. The maximum atomic E-state index is 13.6. The number of phenolic OH excluding ortho intramolecular Hbond substituents is 1. The molecule has 10 nitrogen and oxygen atoms in total. The van der Waals surface area contributed by atoms with E-state index in [1.54, 1.807) is 24.8 Å². The third kappa shape index (κ3) is 6.00. The number of hydrogen-bond donors (Lipinski definition) is 2. The molecular weight excluding hydrogens is 761 g/mol. The van der Waals surface area contributed by atoms with Crippen molar-refractivity contribution in [3.63, 3.8) is 0 Å². The second kappa shape index (κ2) is 14.1. The smallest absolute Gasteiger partial charge is 0.181 e. The molecule has 60 heavy (non-hydrogen) atoms. The van der Waals surface area contributed by atoms with Gasteiger partial charge in [0.2, 0.25) is 0 Å². The van der Waals surface area contributed by atoms with E-state index in [9.17, 15) is 15.0 Å². The van der Waals surface area contributed by atoms with Crippen molar-refractivity contribution in [3.8, 4) is 34.5 Å². The summed E-state index contributed by atoms with van der Waals surface area (Å²) in [7, 11) is 3.07. The van der Waals surface area contributed by atoms with E-state index in [2.05, 4.69) is 33.8 Å². The molecule has 2 aromatic carbocycles. The Morgan fingerprint density at radius 2 is 1.67 bits per heavy atom. The number of aliphatic hydroxyl groups is 1.